The highest BCUT2D eigenvalue weighted by Crippen LogP contribution is 2.65. The van der Waals surface area contributed by atoms with E-state index in [0.29, 0.717) is 16.7 Å². The Morgan fingerprint density at radius 2 is 2.10 bits per heavy atom. The van der Waals surface area contributed by atoms with Crippen molar-refractivity contribution >= 4 is 28.2 Å². The molecule has 1 aromatic heterocycles. The summed E-state index contributed by atoms with van der Waals surface area (Å²) in [6, 6.07) is 0.401. The Morgan fingerprint density at radius 3 is 2.75 bits per heavy atom. The van der Waals surface area contributed by atoms with Crippen molar-refractivity contribution in [2.45, 2.75) is 32.2 Å². The molecule has 3 aliphatic carbocycles. The van der Waals surface area contributed by atoms with Crippen LogP contribution in [0.1, 0.15) is 35.9 Å². The standard InChI is InChI=1S/C14H20N4OS/c1-2-16-14-18-12(15)11(20-14)13(19)17-10-8-6-3-4-7(5-6)9(8)10/h6-10H,2-5,15H2,1H3,(H,16,18)(H,17,19). The molecular weight excluding hydrogens is 272 g/mol. The van der Waals surface area contributed by atoms with Gasteiger partial charge in [-0.2, -0.15) is 0 Å². The molecule has 4 rings (SSSR count). The number of hydrogen-bond acceptors (Lipinski definition) is 5. The molecule has 3 fully saturated rings. The number of hydrogen-bond donors (Lipinski definition) is 3. The van der Waals surface area contributed by atoms with Crippen LogP contribution >= 0.6 is 11.3 Å². The van der Waals surface area contributed by atoms with E-state index in [-0.39, 0.29) is 5.91 Å². The van der Waals surface area contributed by atoms with Crippen LogP contribution in [0.25, 0.3) is 0 Å². The summed E-state index contributed by atoms with van der Waals surface area (Å²) in [4.78, 5) is 17.1. The Labute approximate surface area is 122 Å². The van der Waals surface area contributed by atoms with Gasteiger partial charge in [-0.15, -0.1) is 0 Å². The van der Waals surface area contributed by atoms with Gasteiger partial charge < -0.3 is 16.4 Å². The van der Waals surface area contributed by atoms with Gasteiger partial charge in [0.1, 0.15) is 10.7 Å². The molecule has 4 N–H and O–H groups in total. The molecule has 4 unspecified atom stereocenters. The quantitative estimate of drug-likeness (QED) is 0.792. The van der Waals surface area contributed by atoms with Gasteiger partial charge in [0.15, 0.2) is 5.13 Å². The number of aromatic nitrogens is 1. The molecule has 3 saturated carbocycles. The number of anilines is 2. The highest BCUT2D eigenvalue weighted by Gasteiger charge is 2.65. The first-order valence-electron chi connectivity index (χ1n) is 7.50. The number of nitrogen functional groups attached to an aromatic ring is 1. The maximum atomic E-state index is 12.3. The number of amides is 1. The summed E-state index contributed by atoms with van der Waals surface area (Å²) >= 11 is 1.35. The summed E-state index contributed by atoms with van der Waals surface area (Å²) in [6.45, 7) is 2.78. The molecule has 5 nitrogen and oxygen atoms in total. The average Bonchev–Trinajstić information content (AvgIpc) is 2.81. The molecule has 6 heteroatoms. The Hall–Kier alpha value is -1.30. The number of fused-ring (bicyclic) bond motifs is 5. The molecule has 4 atom stereocenters. The van der Waals surface area contributed by atoms with Gasteiger partial charge in [0.05, 0.1) is 0 Å². The number of thiazole rings is 1. The van der Waals surface area contributed by atoms with E-state index in [0.717, 1.165) is 35.3 Å². The van der Waals surface area contributed by atoms with Gasteiger partial charge in [-0.25, -0.2) is 4.98 Å². The lowest BCUT2D eigenvalue weighted by atomic mass is 10.0. The number of carbonyl (C=O) groups is 1. The van der Waals surface area contributed by atoms with E-state index < -0.39 is 0 Å². The number of nitrogens with zero attached hydrogens (tertiary/aromatic N) is 1. The molecule has 0 spiro atoms. The Bertz CT molecular complexity index is 541. The normalized spacial score (nSPS) is 36.8. The van der Waals surface area contributed by atoms with Crippen LogP contribution in [0.3, 0.4) is 0 Å². The van der Waals surface area contributed by atoms with Gasteiger partial charge in [0, 0.05) is 12.6 Å². The third-order valence-electron chi connectivity index (χ3n) is 5.22. The zero-order valence-electron chi connectivity index (χ0n) is 11.6. The molecule has 0 aromatic carbocycles. The van der Waals surface area contributed by atoms with Crippen LogP contribution in [-0.4, -0.2) is 23.5 Å². The summed E-state index contributed by atoms with van der Waals surface area (Å²) in [5.74, 6) is 3.54. The first-order chi connectivity index (χ1) is 9.69. The molecule has 3 aliphatic rings. The van der Waals surface area contributed by atoms with Crippen LogP contribution in [0.2, 0.25) is 0 Å². The minimum atomic E-state index is -0.0389. The van der Waals surface area contributed by atoms with E-state index in [1.54, 1.807) is 0 Å². The maximum absolute atomic E-state index is 12.3. The smallest absolute Gasteiger partial charge is 0.265 e. The predicted octanol–water partition coefficient (Wildman–Crippen LogP) is 1.93. The summed E-state index contributed by atoms with van der Waals surface area (Å²) in [5.41, 5.74) is 5.85. The first-order valence-corrected chi connectivity index (χ1v) is 8.31. The van der Waals surface area contributed by atoms with Crippen LogP contribution in [-0.2, 0) is 0 Å². The van der Waals surface area contributed by atoms with Gasteiger partial charge in [-0.1, -0.05) is 11.3 Å². The third-order valence-corrected chi connectivity index (χ3v) is 6.25. The monoisotopic (exact) mass is 292 g/mol. The van der Waals surface area contributed by atoms with E-state index in [4.69, 9.17) is 5.73 Å². The molecular formula is C14H20N4OS. The van der Waals surface area contributed by atoms with Crippen LogP contribution < -0.4 is 16.4 Å². The Morgan fingerprint density at radius 1 is 1.40 bits per heavy atom. The van der Waals surface area contributed by atoms with Crippen molar-refractivity contribution in [2.24, 2.45) is 23.7 Å². The maximum Gasteiger partial charge on any atom is 0.265 e. The molecule has 0 aliphatic heterocycles. The van der Waals surface area contributed by atoms with Crippen molar-refractivity contribution in [3.05, 3.63) is 4.88 Å². The van der Waals surface area contributed by atoms with Crippen LogP contribution in [0.5, 0.6) is 0 Å². The lowest BCUT2D eigenvalue weighted by molar-refractivity contribution is 0.0949. The minimum Gasteiger partial charge on any atom is -0.382 e. The summed E-state index contributed by atoms with van der Waals surface area (Å²) in [7, 11) is 0. The minimum absolute atomic E-state index is 0.0389. The van der Waals surface area contributed by atoms with Crippen LogP contribution in [0, 0.1) is 23.7 Å². The first kappa shape index (κ1) is 12.4. The van der Waals surface area contributed by atoms with E-state index in [2.05, 4.69) is 15.6 Å². The largest absolute Gasteiger partial charge is 0.382 e. The molecule has 108 valence electrons. The second-order valence-electron chi connectivity index (χ2n) is 6.25. The Balaban J connectivity index is 1.44. The SMILES string of the molecule is CCNc1nc(N)c(C(=O)NC2C3C4CCC(C4)C23)s1. The van der Waals surface area contributed by atoms with Crippen molar-refractivity contribution in [1.82, 2.24) is 10.3 Å². The van der Waals surface area contributed by atoms with Gasteiger partial charge in [0.25, 0.3) is 5.91 Å². The summed E-state index contributed by atoms with van der Waals surface area (Å²) in [5, 5.41) is 7.02. The fourth-order valence-corrected chi connectivity index (χ4v) is 5.31. The number of nitrogens with one attached hydrogen (secondary N) is 2. The lowest BCUT2D eigenvalue weighted by Crippen LogP contribution is -2.29. The molecule has 0 radical (unpaired) electrons. The summed E-state index contributed by atoms with van der Waals surface area (Å²) in [6.07, 6.45) is 4.13. The molecule has 0 saturated heterocycles. The lowest BCUT2D eigenvalue weighted by Gasteiger charge is -2.09. The van der Waals surface area contributed by atoms with Gasteiger partial charge in [0.2, 0.25) is 0 Å². The van der Waals surface area contributed by atoms with Gasteiger partial charge in [-0.3, -0.25) is 4.79 Å². The Kier molecular flexibility index (Phi) is 2.70. The van der Waals surface area contributed by atoms with Crippen molar-refractivity contribution in [2.75, 3.05) is 17.6 Å². The average molecular weight is 292 g/mol. The molecule has 2 bridgehead atoms. The zero-order valence-corrected chi connectivity index (χ0v) is 12.4. The second-order valence-corrected chi connectivity index (χ2v) is 7.25. The zero-order chi connectivity index (χ0) is 13.9. The number of nitrogens with two attached hydrogens (primary N) is 1. The molecule has 1 heterocycles. The van der Waals surface area contributed by atoms with E-state index in [1.807, 2.05) is 6.92 Å². The van der Waals surface area contributed by atoms with E-state index in [9.17, 15) is 4.79 Å². The molecule has 1 amide bonds. The number of carbonyl (C=O) groups excluding carboxylic acids is 1. The van der Waals surface area contributed by atoms with Crippen LogP contribution in [0.15, 0.2) is 0 Å². The van der Waals surface area contributed by atoms with Gasteiger partial charge >= 0.3 is 0 Å². The third kappa shape index (κ3) is 1.74. The second kappa shape index (κ2) is 4.35. The van der Waals surface area contributed by atoms with Crippen molar-refractivity contribution in [3.8, 4) is 0 Å². The van der Waals surface area contributed by atoms with E-state index in [1.165, 1.54) is 30.6 Å². The molecule has 1 aromatic rings. The predicted molar refractivity (Wildman–Crippen MR) is 79.8 cm³/mol. The number of rotatable bonds is 4. The van der Waals surface area contributed by atoms with Crippen molar-refractivity contribution in [3.63, 3.8) is 0 Å². The highest BCUT2D eigenvalue weighted by atomic mass is 32.1. The summed E-state index contributed by atoms with van der Waals surface area (Å²) < 4.78 is 0. The fraction of sp³-hybridized carbons (Fsp3) is 0.714. The highest BCUT2D eigenvalue weighted by molar-refractivity contribution is 7.18. The molecule has 20 heavy (non-hydrogen) atoms. The van der Waals surface area contributed by atoms with Crippen molar-refractivity contribution in [1.29, 1.82) is 0 Å². The van der Waals surface area contributed by atoms with Crippen molar-refractivity contribution < 1.29 is 4.79 Å². The van der Waals surface area contributed by atoms with E-state index >= 15 is 0 Å². The fourth-order valence-electron chi connectivity index (χ4n) is 4.46. The topological polar surface area (TPSA) is 80.0 Å². The van der Waals surface area contributed by atoms with Gasteiger partial charge in [-0.05, 0) is 49.9 Å². The van der Waals surface area contributed by atoms with Crippen LogP contribution in [0.4, 0.5) is 10.9 Å².